The van der Waals surface area contributed by atoms with Crippen LogP contribution in [0.4, 0.5) is 0 Å². The zero-order valence-corrected chi connectivity index (χ0v) is 10.5. The summed E-state index contributed by atoms with van der Waals surface area (Å²) in [4.78, 5) is 13.5. The largest absolute Gasteiger partial charge is 0.390 e. The number of halogens is 1. The summed E-state index contributed by atoms with van der Waals surface area (Å²) in [5, 5.41) is 9.65. The molecule has 1 amide bonds. The van der Waals surface area contributed by atoms with E-state index in [1.54, 1.807) is 13.8 Å². The average molecular weight is 264 g/mol. The smallest absolute Gasteiger partial charge is 0.236 e. The molecule has 0 saturated carbocycles. The molecule has 0 aliphatic carbocycles. The predicted molar refractivity (Wildman–Crippen MR) is 59.4 cm³/mol. The van der Waals surface area contributed by atoms with Gasteiger partial charge in [-0.05, 0) is 33.6 Å². The van der Waals surface area contributed by atoms with Crippen molar-refractivity contribution < 1.29 is 9.90 Å². The van der Waals surface area contributed by atoms with Gasteiger partial charge in [0.05, 0.1) is 10.4 Å². The van der Waals surface area contributed by atoms with Crippen LogP contribution in [0.15, 0.2) is 0 Å². The summed E-state index contributed by atoms with van der Waals surface area (Å²) in [7, 11) is 0. The molecule has 2 unspecified atom stereocenters. The molecule has 3 nitrogen and oxygen atoms in total. The number of hydrogen-bond donors (Lipinski definition) is 1. The van der Waals surface area contributed by atoms with Crippen LogP contribution in [0.1, 0.15) is 33.6 Å². The van der Waals surface area contributed by atoms with Crippen molar-refractivity contribution >= 4 is 21.8 Å². The molecule has 0 aromatic heterocycles. The van der Waals surface area contributed by atoms with Crippen LogP contribution >= 0.6 is 15.9 Å². The monoisotopic (exact) mass is 263 g/mol. The van der Waals surface area contributed by atoms with E-state index in [0.717, 1.165) is 13.0 Å². The van der Waals surface area contributed by atoms with Crippen molar-refractivity contribution in [2.75, 3.05) is 6.54 Å². The van der Waals surface area contributed by atoms with Crippen LogP contribution in [-0.2, 0) is 4.79 Å². The standard InChI is InChI=1S/C10H18BrNO2/c1-7(6-10(2,3)14)12-5-4-8(11)9(12)13/h7-8,14H,4-6H2,1-3H3. The molecule has 1 N–H and O–H groups in total. The summed E-state index contributed by atoms with van der Waals surface area (Å²) in [6.45, 7) is 6.33. The summed E-state index contributed by atoms with van der Waals surface area (Å²) in [6, 6.07) is 0.116. The van der Waals surface area contributed by atoms with E-state index in [9.17, 15) is 9.90 Å². The molecule has 4 heteroatoms. The van der Waals surface area contributed by atoms with Crippen molar-refractivity contribution in [1.29, 1.82) is 0 Å². The van der Waals surface area contributed by atoms with E-state index in [1.165, 1.54) is 0 Å². The molecule has 1 rings (SSSR count). The van der Waals surface area contributed by atoms with Crippen LogP contribution in [0.25, 0.3) is 0 Å². The second-order valence-corrected chi connectivity index (χ2v) is 5.76. The van der Waals surface area contributed by atoms with Crippen molar-refractivity contribution in [3.8, 4) is 0 Å². The summed E-state index contributed by atoms with van der Waals surface area (Å²) in [5.41, 5.74) is -0.704. The van der Waals surface area contributed by atoms with Gasteiger partial charge < -0.3 is 10.0 Å². The Labute approximate surface area is 93.6 Å². The number of likely N-dealkylation sites (tertiary alicyclic amines) is 1. The lowest BCUT2D eigenvalue weighted by Crippen LogP contribution is -2.40. The molecular weight excluding hydrogens is 246 g/mol. The fourth-order valence-corrected chi connectivity index (χ4v) is 2.40. The normalized spacial score (nSPS) is 25.6. The lowest BCUT2D eigenvalue weighted by molar-refractivity contribution is -0.129. The van der Waals surface area contributed by atoms with Crippen LogP contribution in [0.2, 0.25) is 0 Å². The number of rotatable bonds is 3. The second-order valence-electron chi connectivity index (χ2n) is 4.65. The van der Waals surface area contributed by atoms with Crippen LogP contribution in [0.5, 0.6) is 0 Å². The maximum atomic E-state index is 11.6. The Morgan fingerprint density at radius 2 is 2.29 bits per heavy atom. The molecular formula is C10H18BrNO2. The number of carbonyl (C=O) groups excluding carboxylic acids is 1. The summed E-state index contributed by atoms with van der Waals surface area (Å²) < 4.78 is 0. The number of aliphatic hydroxyl groups is 1. The van der Waals surface area contributed by atoms with Gasteiger partial charge >= 0.3 is 0 Å². The van der Waals surface area contributed by atoms with Gasteiger partial charge in [-0.1, -0.05) is 15.9 Å². The van der Waals surface area contributed by atoms with Gasteiger partial charge in [-0.3, -0.25) is 4.79 Å². The van der Waals surface area contributed by atoms with Gasteiger partial charge in [0.15, 0.2) is 0 Å². The minimum atomic E-state index is -0.704. The highest BCUT2D eigenvalue weighted by Crippen LogP contribution is 2.24. The minimum Gasteiger partial charge on any atom is -0.390 e. The van der Waals surface area contributed by atoms with Gasteiger partial charge in [0.25, 0.3) is 0 Å². The average Bonchev–Trinajstić information content (AvgIpc) is 2.29. The third-order valence-corrected chi connectivity index (χ3v) is 3.35. The van der Waals surface area contributed by atoms with Gasteiger partial charge in [0.1, 0.15) is 0 Å². The molecule has 14 heavy (non-hydrogen) atoms. The molecule has 1 fully saturated rings. The van der Waals surface area contributed by atoms with E-state index >= 15 is 0 Å². The molecule has 82 valence electrons. The quantitative estimate of drug-likeness (QED) is 0.785. The Balaban J connectivity index is 2.54. The Morgan fingerprint density at radius 1 is 1.71 bits per heavy atom. The number of alkyl halides is 1. The number of nitrogens with zero attached hydrogens (tertiary/aromatic N) is 1. The van der Waals surface area contributed by atoms with Crippen molar-refractivity contribution in [2.45, 2.75) is 50.1 Å². The molecule has 1 aliphatic rings. The van der Waals surface area contributed by atoms with Gasteiger partial charge in [0.2, 0.25) is 5.91 Å². The van der Waals surface area contributed by atoms with Crippen LogP contribution in [0, 0.1) is 0 Å². The molecule has 0 aromatic carbocycles. The van der Waals surface area contributed by atoms with E-state index in [2.05, 4.69) is 15.9 Å². The van der Waals surface area contributed by atoms with Gasteiger partial charge in [0, 0.05) is 12.6 Å². The Bertz CT molecular complexity index is 225. The highest BCUT2D eigenvalue weighted by atomic mass is 79.9. The van der Waals surface area contributed by atoms with Crippen molar-refractivity contribution in [3.63, 3.8) is 0 Å². The summed E-state index contributed by atoms with van der Waals surface area (Å²) >= 11 is 3.34. The third kappa shape index (κ3) is 2.95. The van der Waals surface area contributed by atoms with Crippen molar-refractivity contribution in [2.24, 2.45) is 0 Å². The lowest BCUT2D eigenvalue weighted by atomic mass is 9.99. The molecule has 1 heterocycles. The summed E-state index contributed by atoms with van der Waals surface area (Å²) in [6.07, 6.45) is 1.49. The molecule has 1 saturated heterocycles. The molecule has 0 radical (unpaired) electrons. The Hall–Kier alpha value is -0.0900. The lowest BCUT2D eigenvalue weighted by Gasteiger charge is -2.29. The first-order valence-corrected chi connectivity index (χ1v) is 5.90. The first-order chi connectivity index (χ1) is 6.31. The zero-order valence-electron chi connectivity index (χ0n) is 8.96. The van der Waals surface area contributed by atoms with Crippen molar-refractivity contribution in [3.05, 3.63) is 0 Å². The fourth-order valence-electron chi connectivity index (χ4n) is 1.94. The highest BCUT2D eigenvalue weighted by molar-refractivity contribution is 9.10. The fraction of sp³-hybridized carbons (Fsp3) is 0.900. The van der Waals surface area contributed by atoms with Crippen molar-refractivity contribution in [1.82, 2.24) is 4.90 Å². The molecule has 1 aliphatic heterocycles. The molecule has 0 aromatic rings. The number of carbonyl (C=O) groups is 1. The molecule has 2 atom stereocenters. The van der Waals surface area contributed by atoms with Gasteiger partial charge in [-0.2, -0.15) is 0 Å². The van der Waals surface area contributed by atoms with Crippen LogP contribution < -0.4 is 0 Å². The molecule has 0 bridgehead atoms. The summed E-state index contributed by atoms with van der Waals surface area (Å²) in [5.74, 6) is 0.154. The maximum Gasteiger partial charge on any atom is 0.236 e. The topological polar surface area (TPSA) is 40.5 Å². The highest BCUT2D eigenvalue weighted by Gasteiger charge is 2.34. The van der Waals surface area contributed by atoms with E-state index in [1.807, 2.05) is 11.8 Å². The first-order valence-electron chi connectivity index (χ1n) is 4.98. The Kier molecular flexibility index (Phi) is 3.58. The zero-order chi connectivity index (χ0) is 10.9. The third-order valence-electron chi connectivity index (χ3n) is 2.50. The maximum absolute atomic E-state index is 11.6. The van der Waals surface area contributed by atoms with Gasteiger partial charge in [-0.15, -0.1) is 0 Å². The van der Waals surface area contributed by atoms with E-state index < -0.39 is 5.60 Å². The number of hydrogen-bond acceptors (Lipinski definition) is 2. The number of amides is 1. The van der Waals surface area contributed by atoms with E-state index in [4.69, 9.17) is 0 Å². The van der Waals surface area contributed by atoms with Gasteiger partial charge in [-0.25, -0.2) is 0 Å². The Morgan fingerprint density at radius 3 is 2.64 bits per heavy atom. The minimum absolute atomic E-state index is 0.0215. The van der Waals surface area contributed by atoms with Crippen LogP contribution in [0.3, 0.4) is 0 Å². The molecule has 0 spiro atoms. The first kappa shape index (κ1) is 12.0. The predicted octanol–water partition coefficient (Wildman–Crippen LogP) is 1.53. The van der Waals surface area contributed by atoms with Crippen LogP contribution in [-0.4, -0.2) is 38.9 Å². The van der Waals surface area contributed by atoms with E-state index in [0.29, 0.717) is 6.42 Å². The van der Waals surface area contributed by atoms with E-state index in [-0.39, 0.29) is 16.8 Å². The second kappa shape index (κ2) is 4.19. The SMILES string of the molecule is CC(CC(C)(C)O)N1CCC(Br)C1=O.